The van der Waals surface area contributed by atoms with E-state index < -0.39 is 20.0 Å². The lowest BCUT2D eigenvalue weighted by molar-refractivity contribution is 0.103. The molecule has 2 aliphatic carbocycles. The van der Waals surface area contributed by atoms with Gasteiger partial charge >= 0.3 is 0 Å². The van der Waals surface area contributed by atoms with Gasteiger partial charge in [-0.2, -0.15) is 0 Å². The van der Waals surface area contributed by atoms with Crippen molar-refractivity contribution in [3.05, 3.63) is 166 Å². The second-order valence-corrected chi connectivity index (χ2v) is 17.6. The van der Waals surface area contributed by atoms with Gasteiger partial charge in [-0.05, 0) is 122 Å². The summed E-state index contributed by atoms with van der Waals surface area (Å²) in [5.74, 6) is -0.227. The maximum Gasteiger partial charge on any atom is 0.240 e. The van der Waals surface area contributed by atoms with Crippen LogP contribution >= 0.6 is 0 Å². The van der Waals surface area contributed by atoms with Crippen LogP contribution in [0.3, 0.4) is 0 Å². The van der Waals surface area contributed by atoms with E-state index >= 15 is 0 Å². The Kier molecular flexibility index (Phi) is 9.35. The van der Waals surface area contributed by atoms with E-state index in [1.807, 2.05) is 50.2 Å². The molecule has 2 aromatic heterocycles. The van der Waals surface area contributed by atoms with Crippen molar-refractivity contribution < 1.29 is 21.6 Å². The van der Waals surface area contributed by atoms with Crippen LogP contribution in [0.25, 0.3) is 22.5 Å². The Morgan fingerprint density at radius 2 is 0.926 bits per heavy atom. The van der Waals surface area contributed by atoms with Gasteiger partial charge in [-0.25, -0.2) is 26.3 Å². The van der Waals surface area contributed by atoms with Crippen molar-refractivity contribution in [2.24, 2.45) is 0 Å². The highest BCUT2D eigenvalue weighted by atomic mass is 32.2. The zero-order valence-electron chi connectivity index (χ0n) is 29.8. The molecule has 2 N–H and O–H groups in total. The monoisotopic (exact) mass is 754 g/mol. The Morgan fingerprint density at radius 1 is 0.537 bits per heavy atom. The Labute approximate surface area is 315 Å². The van der Waals surface area contributed by atoms with Crippen LogP contribution in [0, 0.1) is 13.8 Å². The summed E-state index contributed by atoms with van der Waals surface area (Å²) in [5, 5.41) is 0. The first kappa shape index (κ1) is 35.7. The van der Waals surface area contributed by atoms with E-state index in [2.05, 4.69) is 19.4 Å². The number of sulfonamides is 2. The smallest absolute Gasteiger partial charge is 0.240 e. The maximum atomic E-state index is 14.4. The van der Waals surface area contributed by atoms with Crippen molar-refractivity contribution in [2.45, 2.75) is 61.4 Å². The Bertz CT molecular complexity index is 2460. The lowest BCUT2D eigenvalue weighted by Crippen LogP contribution is -2.35. The van der Waals surface area contributed by atoms with Gasteiger partial charge in [-0.3, -0.25) is 14.8 Å². The molecular weight excluding hydrogens is 717 g/mol. The number of rotatable bonds is 10. The molecular formula is C43H38N4O5S2. The van der Waals surface area contributed by atoms with Crippen molar-refractivity contribution in [3.8, 4) is 22.5 Å². The summed E-state index contributed by atoms with van der Waals surface area (Å²) in [7, 11) is -7.36. The van der Waals surface area contributed by atoms with Crippen LogP contribution in [0.2, 0.25) is 0 Å². The molecule has 0 aliphatic heterocycles. The standard InChI is InChI=1S/C43H38N4O5S2/c1-27-7-15-37(16-8-27)53(49,50)46-35-23-29-11-13-31(21-33(29)25-35)41-39(5-3-19-44-41)43(48)40-6-4-20-45-42(40)32-14-12-30-24-36(26-34(30)22-32)47-54(51,52)38-17-9-28(2)10-18-38/h3-22,35-36,46-47H,23-26H2,1-2H3. The number of pyridine rings is 2. The lowest BCUT2D eigenvalue weighted by Gasteiger charge is -2.13. The molecule has 0 spiro atoms. The van der Waals surface area contributed by atoms with Gasteiger partial charge in [0.2, 0.25) is 20.0 Å². The lowest BCUT2D eigenvalue weighted by atomic mass is 9.93. The minimum absolute atomic E-state index is 0.227. The average molecular weight is 755 g/mol. The number of aromatic nitrogens is 2. The van der Waals surface area contributed by atoms with Gasteiger partial charge in [0.05, 0.1) is 21.2 Å². The van der Waals surface area contributed by atoms with Crippen LogP contribution in [0.4, 0.5) is 0 Å². The molecule has 11 heteroatoms. The van der Waals surface area contributed by atoms with Crippen LogP contribution in [-0.2, 0) is 45.7 Å². The van der Waals surface area contributed by atoms with E-state index in [0.717, 1.165) is 44.5 Å². The molecule has 2 unspecified atom stereocenters. The van der Waals surface area contributed by atoms with E-state index in [0.29, 0.717) is 48.2 Å². The summed E-state index contributed by atoms with van der Waals surface area (Å²) in [4.78, 5) is 24.2. The summed E-state index contributed by atoms with van der Waals surface area (Å²) in [6, 6.07) is 31.9. The molecule has 0 radical (unpaired) electrons. The molecule has 0 saturated carbocycles. The van der Waals surface area contributed by atoms with Crippen molar-refractivity contribution in [2.75, 3.05) is 0 Å². The Hall–Kier alpha value is -5.33. The fraction of sp³-hybridized carbons (Fsp3) is 0.186. The predicted molar refractivity (Wildman–Crippen MR) is 208 cm³/mol. The number of carbonyl (C=O) groups is 1. The molecule has 0 saturated heterocycles. The maximum absolute atomic E-state index is 14.4. The highest BCUT2D eigenvalue weighted by Gasteiger charge is 2.30. The van der Waals surface area contributed by atoms with Crippen molar-refractivity contribution in [1.29, 1.82) is 0 Å². The molecule has 2 aliphatic rings. The first-order chi connectivity index (χ1) is 25.9. The van der Waals surface area contributed by atoms with Crippen LogP contribution in [0.1, 0.15) is 49.3 Å². The van der Waals surface area contributed by atoms with Crippen LogP contribution in [-0.4, -0.2) is 44.7 Å². The molecule has 2 heterocycles. The molecule has 2 atom stereocenters. The number of hydrogen-bond donors (Lipinski definition) is 2. The number of hydrogen-bond acceptors (Lipinski definition) is 7. The highest BCUT2D eigenvalue weighted by Crippen LogP contribution is 2.34. The predicted octanol–water partition coefficient (Wildman–Crippen LogP) is 6.55. The van der Waals surface area contributed by atoms with Crippen molar-refractivity contribution in [1.82, 2.24) is 19.4 Å². The number of carbonyl (C=O) groups excluding carboxylic acids is 1. The third-order valence-electron chi connectivity index (χ3n) is 10.2. The molecule has 0 bridgehead atoms. The molecule has 54 heavy (non-hydrogen) atoms. The molecule has 4 aromatic carbocycles. The molecule has 0 amide bonds. The summed E-state index contributed by atoms with van der Waals surface area (Å²) in [5.41, 5.74) is 9.53. The van der Waals surface area contributed by atoms with Crippen molar-refractivity contribution in [3.63, 3.8) is 0 Å². The normalized spacial score (nSPS) is 16.6. The van der Waals surface area contributed by atoms with Crippen molar-refractivity contribution >= 4 is 25.8 Å². The number of nitrogens with one attached hydrogen (secondary N) is 2. The quantitative estimate of drug-likeness (QED) is 0.152. The largest absolute Gasteiger partial charge is 0.288 e. The molecule has 0 fully saturated rings. The fourth-order valence-electron chi connectivity index (χ4n) is 7.49. The topological polar surface area (TPSA) is 135 Å². The summed E-state index contributed by atoms with van der Waals surface area (Å²) >= 11 is 0. The molecule has 9 nitrogen and oxygen atoms in total. The zero-order chi connectivity index (χ0) is 37.6. The number of aryl methyl sites for hydroxylation is 2. The van der Waals surface area contributed by atoms with Gasteiger partial charge < -0.3 is 0 Å². The SMILES string of the molecule is Cc1ccc(S(=O)(=O)NC2Cc3ccc(-c4ncccc4C(=O)c4cccnc4-c4ccc5c(c4)CC(NS(=O)(=O)c4ccc(C)cc4)C5)cc3C2)cc1. The second-order valence-electron chi connectivity index (χ2n) is 14.2. The Balaban J connectivity index is 1.02. The van der Waals surface area contributed by atoms with Gasteiger partial charge in [0.15, 0.2) is 5.78 Å². The van der Waals surface area contributed by atoms with Gasteiger partial charge in [0.25, 0.3) is 0 Å². The average Bonchev–Trinajstić information content (AvgIpc) is 3.76. The van der Waals surface area contributed by atoms with Crippen LogP contribution < -0.4 is 9.44 Å². The Morgan fingerprint density at radius 3 is 1.33 bits per heavy atom. The summed E-state index contributed by atoms with van der Waals surface area (Å²) in [6.45, 7) is 3.83. The van der Waals surface area contributed by atoms with Gasteiger partial charge in [0, 0.05) is 46.7 Å². The van der Waals surface area contributed by atoms with E-state index in [1.54, 1.807) is 85.2 Å². The third kappa shape index (κ3) is 7.15. The molecule has 6 aromatic rings. The minimum Gasteiger partial charge on any atom is -0.288 e. The van der Waals surface area contributed by atoms with E-state index in [9.17, 15) is 21.6 Å². The van der Waals surface area contributed by atoms with E-state index in [1.165, 1.54) is 0 Å². The highest BCUT2D eigenvalue weighted by molar-refractivity contribution is 7.89. The number of nitrogens with zero attached hydrogens (tertiary/aromatic N) is 2. The van der Waals surface area contributed by atoms with E-state index in [-0.39, 0.29) is 27.7 Å². The first-order valence-corrected chi connectivity index (χ1v) is 20.8. The number of benzene rings is 4. The van der Waals surface area contributed by atoms with Gasteiger partial charge in [-0.1, -0.05) is 59.7 Å². The van der Waals surface area contributed by atoms with Crippen LogP contribution in [0.15, 0.2) is 131 Å². The number of ketones is 1. The van der Waals surface area contributed by atoms with Gasteiger partial charge in [-0.15, -0.1) is 0 Å². The fourth-order valence-corrected chi connectivity index (χ4v) is 9.96. The van der Waals surface area contributed by atoms with E-state index in [4.69, 9.17) is 0 Å². The van der Waals surface area contributed by atoms with Crippen LogP contribution in [0.5, 0.6) is 0 Å². The number of fused-ring (bicyclic) bond motifs is 2. The van der Waals surface area contributed by atoms with Gasteiger partial charge in [0.1, 0.15) is 0 Å². The second kappa shape index (κ2) is 14.1. The third-order valence-corrected chi connectivity index (χ3v) is 13.3. The summed E-state index contributed by atoms with van der Waals surface area (Å²) < 4.78 is 58.2. The zero-order valence-corrected chi connectivity index (χ0v) is 31.4. The minimum atomic E-state index is -3.68. The molecule has 272 valence electrons. The molecule has 8 rings (SSSR count). The summed E-state index contributed by atoms with van der Waals surface area (Å²) in [6.07, 6.45) is 5.48. The first-order valence-electron chi connectivity index (χ1n) is 17.8.